The molecule has 2 atom stereocenters. The summed E-state index contributed by atoms with van der Waals surface area (Å²) < 4.78 is 28.4. The lowest BCUT2D eigenvalue weighted by Crippen LogP contribution is -2.39. The summed E-state index contributed by atoms with van der Waals surface area (Å²) in [7, 11) is 3.58. The first-order chi connectivity index (χ1) is 12.4. The molecular formula is C19H26F2N4S. The van der Waals surface area contributed by atoms with Gasteiger partial charge in [0.25, 0.3) is 0 Å². The number of likely N-dealkylation sites (N-methyl/N-ethyl adjacent to an activating group) is 1. The van der Waals surface area contributed by atoms with Crippen molar-refractivity contribution in [1.29, 1.82) is 0 Å². The van der Waals surface area contributed by atoms with E-state index in [0.717, 1.165) is 0 Å². The SMILES string of the molecule is CCNC(=NCC(c1c(F)cccc1F)N(C)C)NC(C)c1cccs1. The van der Waals surface area contributed by atoms with Crippen molar-refractivity contribution in [3.05, 3.63) is 57.8 Å². The van der Waals surface area contributed by atoms with Gasteiger partial charge in [-0.2, -0.15) is 0 Å². The van der Waals surface area contributed by atoms with Crippen molar-refractivity contribution < 1.29 is 8.78 Å². The summed E-state index contributed by atoms with van der Waals surface area (Å²) >= 11 is 1.67. The molecule has 0 radical (unpaired) electrons. The number of guanidine groups is 1. The lowest BCUT2D eigenvalue weighted by molar-refractivity contribution is 0.290. The summed E-state index contributed by atoms with van der Waals surface area (Å²) in [6.07, 6.45) is 0. The van der Waals surface area contributed by atoms with Crippen LogP contribution in [0.1, 0.15) is 36.4 Å². The van der Waals surface area contributed by atoms with Gasteiger partial charge in [-0.15, -0.1) is 11.3 Å². The normalized spacial score (nSPS) is 14.3. The first kappa shape index (κ1) is 20.3. The third-order valence-electron chi connectivity index (χ3n) is 4.05. The monoisotopic (exact) mass is 380 g/mol. The number of hydrogen-bond acceptors (Lipinski definition) is 3. The average Bonchev–Trinajstić information content (AvgIpc) is 3.11. The predicted molar refractivity (Wildman–Crippen MR) is 105 cm³/mol. The quantitative estimate of drug-likeness (QED) is 0.564. The number of hydrogen-bond donors (Lipinski definition) is 2. The maximum Gasteiger partial charge on any atom is 0.191 e. The first-order valence-corrected chi connectivity index (χ1v) is 9.50. The smallest absolute Gasteiger partial charge is 0.191 e. The van der Waals surface area contributed by atoms with Crippen LogP contribution in [0.5, 0.6) is 0 Å². The van der Waals surface area contributed by atoms with Crippen molar-refractivity contribution >= 4 is 17.3 Å². The summed E-state index contributed by atoms with van der Waals surface area (Å²) in [5.41, 5.74) is 0.0448. The second-order valence-electron chi connectivity index (χ2n) is 6.22. The highest BCUT2D eigenvalue weighted by Gasteiger charge is 2.22. The van der Waals surface area contributed by atoms with Crippen LogP contribution in [0, 0.1) is 11.6 Å². The summed E-state index contributed by atoms with van der Waals surface area (Å²) in [5, 5.41) is 8.55. The van der Waals surface area contributed by atoms with Gasteiger partial charge in [-0.1, -0.05) is 12.1 Å². The summed E-state index contributed by atoms with van der Waals surface area (Å²) in [6, 6.07) is 7.59. The molecule has 2 rings (SSSR count). The highest BCUT2D eigenvalue weighted by molar-refractivity contribution is 7.10. The molecule has 2 N–H and O–H groups in total. The number of benzene rings is 1. The molecule has 1 heterocycles. The second kappa shape index (κ2) is 9.64. The number of aliphatic imine (C=N–C) groups is 1. The largest absolute Gasteiger partial charge is 0.357 e. The predicted octanol–water partition coefficient (Wildman–Crippen LogP) is 3.95. The third-order valence-corrected chi connectivity index (χ3v) is 5.10. The van der Waals surface area contributed by atoms with E-state index >= 15 is 0 Å². The van der Waals surface area contributed by atoms with Crippen LogP contribution in [0.15, 0.2) is 40.7 Å². The van der Waals surface area contributed by atoms with Crippen molar-refractivity contribution in [1.82, 2.24) is 15.5 Å². The molecule has 26 heavy (non-hydrogen) atoms. The minimum atomic E-state index is -0.552. The molecule has 2 aromatic rings. The van der Waals surface area contributed by atoms with Crippen LogP contribution >= 0.6 is 11.3 Å². The Morgan fingerprint density at radius 3 is 2.42 bits per heavy atom. The molecule has 0 bridgehead atoms. The molecule has 0 saturated carbocycles. The minimum absolute atomic E-state index is 0.0448. The fraction of sp³-hybridized carbons (Fsp3) is 0.421. The molecule has 0 fully saturated rings. The van der Waals surface area contributed by atoms with Gasteiger partial charge in [0.05, 0.1) is 18.6 Å². The zero-order chi connectivity index (χ0) is 19.1. The molecule has 0 aliphatic heterocycles. The van der Waals surface area contributed by atoms with Crippen LogP contribution in [0.25, 0.3) is 0 Å². The van der Waals surface area contributed by atoms with Gasteiger partial charge in [0, 0.05) is 17.0 Å². The molecule has 1 aromatic heterocycles. The molecule has 0 saturated heterocycles. The van der Waals surface area contributed by atoms with Crippen LogP contribution in [0.2, 0.25) is 0 Å². The molecule has 0 aliphatic carbocycles. The van der Waals surface area contributed by atoms with Gasteiger partial charge in [-0.3, -0.25) is 4.99 Å². The molecule has 0 amide bonds. The lowest BCUT2D eigenvalue weighted by Gasteiger charge is -2.25. The van der Waals surface area contributed by atoms with Crippen LogP contribution in [0.3, 0.4) is 0 Å². The number of nitrogens with one attached hydrogen (secondary N) is 2. The second-order valence-corrected chi connectivity index (χ2v) is 7.20. The van der Waals surface area contributed by atoms with E-state index in [1.807, 2.05) is 18.4 Å². The van der Waals surface area contributed by atoms with Crippen LogP contribution in [-0.4, -0.2) is 38.0 Å². The zero-order valence-electron chi connectivity index (χ0n) is 15.6. The number of halogens is 2. The molecule has 142 valence electrons. The van der Waals surface area contributed by atoms with Crippen molar-refractivity contribution in [2.24, 2.45) is 4.99 Å². The minimum Gasteiger partial charge on any atom is -0.357 e. The zero-order valence-corrected chi connectivity index (χ0v) is 16.4. The number of rotatable bonds is 7. The van der Waals surface area contributed by atoms with Gasteiger partial charge in [0.1, 0.15) is 11.6 Å². The summed E-state index contributed by atoms with van der Waals surface area (Å²) in [5.74, 6) is -0.482. The Morgan fingerprint density at radius 1 is 1.19 bits per heavy atom. The van der Waals surface area contributed by atoms with Gasteiger partial charge in [-0.25, -0.2) is 8.78 Å². The summed E-state index contributed by atoms with van der Waals surface area (Å²) in [6.45, 7) is 4.96. The molecule has 0 spiro atoms. The van der Waals surface area contributed by atoms with E-state index in [4.69, 9.17) is 0 Å². The number of thiophene rings is 1. The Bertz CT molecular complexity index is 696. The Morgan fingerprint density at radius 2 is 1.88 bits per heavy atom. The van der Waals surface area contributed by atoms with Crippen LogP contribution < -0.4 is 10.6 Å². The summed E-state index contributed by atoms with van der Waals surface area (Å²) in [4.78, 5) is 7.54. The van der Waals surface area contributed by atoms with E-state index in [9.17, 15) is 8.78 Å². The fourth-order valence-electron chi connectivity index (χ4n) is 2.65. The Balaban J connectivity index is 2.19. The first-order valence-electron chi connectivity index (χ1n) is 8.62. The van der Waals surface area contributed by atoms with E-state index in [0.29, 0.717) is 12.5 Å². The molecule has 4 nitrogen and oxygen atoms in total. The van der Waals surface area contributed by atoms with E-state index < -0.39 is 17.7 Å². The van der Waals surface area contributed by atoms with E-state index in [-0.39, 0.29) is 18.2 Å². The third kappa shape index (κ3) is 5.25. The van der Waals surface area contributed by atoms with Crippen LogP contribution in [-0.2, 0) is 0 Å². The maximum absolute atomic E-state index is 14.2. The molecule has 1 aromatic carbocycles. The Kier molecular flexibility index (Phi) is 7.53. The maximum atomic E-state index is 14.2. The highest BCUT2D eigenvalue weighted by Crippen LogP contribution is 2.25. The van der Waals surface area contributed by atoms with Gasteiger partial charge in [0.15, 0.2) is 5.96 Å². The molecular weight excluding hydrogens is 354 g/mol. The van der Waals surface area contributed by atoms with Crippen molar-refractivity contribution in [2.75, 3.05) is 27.2 Å². The highest BCUT2D eigenvalue weighted by atomic mass is 32.1. The molecule has 7 heteroatoms. The van der Waals surface area contributed by atoms with E-state index in [1.165, 1.54) is 23.1 Å². The molecule has 0 aliphatic rings. The van der Waals surface area contributed by atoms with Gasteiger partial charge in [-0.05, 0) is 51.5 Å². The van der Waals surface area contributed by atoms with Gasteiger partial charge in [0.2, 0.25) is 0 Å². The Hall–Kier alpha value is -1.99. The standard InChI is InChI=1S/C19H26F2N4S/c1-5-22-19(24-13(2)17-10-7-11-26-17)23-12-16(25(3)4)18-14(20)8-6-9-15(18)21/h6-11,13,16H,5,12H2,1-4H3,(H2,22,23,24). The van der Waals surface area contributed by atoms with E-state index in [2.05, 4.69) is 28.6 Å². The van der Waals surface area contributed by atoms with Gasteiger partial charge < -0.3 is 15.5 Å². The molecule has 2 unspecified atom stereocenters. The average molecular weight is 381 g/mol. The van der Waals surface area contributed by atoms with E-state index in [1.54, 1.807) is 30.3 Å². The fourth-order valence-corrected chi connectivity index (χ4v) is 3.39. The lowest BCUT2D eigenvalue weighted by atomic mass is 10.0. The van der Waals surface area contributed by atoms with Crippen molar-refractivity contribution in [2.45, 2.75) is 25.9 Å². The van der Waals surface area contributed by atoms with Crippen molar-refractivity contribution in [3.63, 3.8) is 0 Å². The van der Waals surface area contributed by atoms with Gasteiger partial charge >= 0.3 is 0 Å². The Labute approximate surface area is 157 Å². The van der Waals surface area contributed by atoms with Crippen LogP contribution in [0.4, 0.5) is 8.78 Å². The number of nitrogens with zero attached hydrogens (tertiary/aromatic N) is 2. The van der Waals surface area contributed by atoms with Crippen molar-refractivity contribution in [3.8, 4) is 0 Å². The topological polar surface area (TPSA) is 39.7 Å².